The van der Waals surface area contributed by atoms with Gasteiger partial charge < -0.3 is 9.84 Å². The number of hydrogen-bond donors (Lipinski definition) is 1. The van der Waals surface area contributed by atoms with E-state index in [-0.39, 0.29) is 12.2 Å². The minimum absolute atomic E-state index is 0.103. The van der Waals surface area contributed by atoms with E-state index in [9.17, 15) is 5.11 Å². The lowest BCUT2D eigenvalue weighted by Crippen LogP contribution is -2.43. The van der Waals surface area contributed by atoms with Crippen LogP contribution < -0.4 is 0 Å². The summed E-state index contributed by atoms with van der Waals surface area (Å²) in [7, 11) is 0. The van der Waals surface area contributed by atoms with Crippen LogP contribution in [-0.2, 0) is 10.3 Å². The fraction of sp³-hybridized carbons (Fsp3) is 0.652. The summed E-state index contributed by atoms with van der Waals surface area (Å²) in [5.74, 6) is 0. The van der Waals surface area contributed by atoms with Crippen LogP contribution in [0.3, 0.4) is 0 Å². The molecule has 0 aromatic heterocycles. The molecule has 3 nitrogen and oxygen atoms in total. The molecule has 0 spiro atoms. The molecule has 26 heavy (non-hydrogen) atoms. The Labute approximate surface area is 158 Å². The Morgan fingerprint density at radius 3 is 2.19 bits per heavy atom. The predicted molar refractivity (Wildman–Crippen MR) is 106 cm³/mol. The number of aliphatic hydroxyl groups is 1. The van der Waals surface area contributed by atoms with Gasteiger partial charge in [-0.05, 0) is 50.7 Å². The first kappa shape index (κ1) is 18.2. The van der Waals surface area contributed by atoms with Crippen LogP contribution in [0.5, 0.6) is 0 Å². The van der Waals surface area contributed by atoms with Gasteiger partial charge in [0.2, 0.25) is 0 Å². The molecule has 142 valence electrons. The Morgan fingerprint density at radius 2 is 1.65 bits per heavy atom. The van der Waals surface area contributed by atoms with E-state index in [0.29, 0.717) is 12.8 Å². The minimum Gasteiger partial charge on any atom is -0.385 e. The summed E-state index contributed by atoms with van der Waals surface area (Å²) in [5.41, 5.74) is 3.11. The molecule has 1 saturated carbocycles. The van der Waals surface area contributed by atoms with E-state index in [1.54, 1.807) is 5.57 Å². The summed E-state index contributed by atoms with van der Waals surface area (Å²) in [6.07, 6.45) is 10.6. The topological polar surface area (TPSA) is 32.7 Å². The monoisotopic (exact) mass is 355 g/mol. The van der Waals surface area contributed by atoms with Gasteiger partial charge in [-0.1, -0.05) is 42.3 Å². The van der Waals surface area contributed by atoms with E-state index >= 15 is 0 Å². The van der Waals surface area contributed by atoms with Crippen molar-refractivity contribution in [1.82, 2.24) is 4.90 Å². The van der Waals surface area contributed by atoms with Gasteiger partial charge in [0.1, 0.15) is 0 Å². The van der Waals surface area contributed by atoms with Gasteiger partial charge in [0.05, 0.1) is 17.8 Å². The van der Waals surface area contributed by atoms with Gasteiger partial charge >= 0.3 is 0 Å². The second-order valence-corrected chi connectivity index (χ2v) is 8.74. The molecule has 0 radical (unpaired) electrons. The summed E-state index contributed by atoms with van der Waals surface area (Å²) in [5, 5.41) is 11.1. The molecule has 3 fully saturated rings. The molecule has 1 aliphatic carbocycles. The standard InChI is InChI=1S/C23H33NO2/c1-17-15-23(25,16-18(2)26-17)21-8-6-19(7-9-21)14-20-10-12-24(13-11-20)22-4-3-5-22/h6-9,14,17-18,22,25H,3-5,10-13,15-16H2,1-2H3. The van der Waals surface area contributed by atoms with Gasteiger partial charge in [-0.15, -0.1) is 0 Å². The number of ether oxygens (including phenoxy) is 1. The highest BCUT2D eigenvalue weighted by atomic mass is 16.5. The number of likely N-dealkylation sites (tertiary alicyclic amines) is 1. The van der Waals surface area contributed by atoms with Gasteiger partial charge in [-0.25, -0.2) is 0 Å². The zero-order chi connectivity index (χ0) is 18.1. The van der Waals surface area contributed by atoms with Gasteiger partial charge in [0, 0.05) is 32.0 Å². The molecule has 4 rings (SSSR count). The van der Waals surface area contributed by atoms with Crippen LogP contribution >= 0.6 is 0 Å². The van der Waals surface area contributed by atoms with E-state index in [4.69, 9.17) is 4.74 Å². The van der Waals surface area contributed by atoms with E-state index < -0.39 is 5.60 Å². The molecule has 2 saturated heterocycles. The first-order chi connectivity index (χ1) is 12.5. The minimum atomic E-state index is -0.753. The number of piperidine rings is 1. The Morgan fingerprint density at radius 1 is 1.04 bits per heavy atom. The van der Waals surface area contributed by atoms with Crippen LogP contribution in [0.15, 0.2) is 29.8 Å². The van der Waals surface area contributed by atoms with Crippen LogP contribution in [-0.4, -0.2) is 41.3 Å². The van der Waals surface area contributed by atoms with E-state index in [1.165, 1.54) is 50.8 Å². The Balaban J connectivity index is 1.40. The smallest absolute Gasteiger partial charge is 0.0945 e. The Kier molecular flexibility index (Phi) is 5.22. The van der Waals surface area contributed by atoms with Crippen LogP contribution in [0, 0.1) is 0 Å². The van der Waals surface area contributed by atoms with Gasteiger partial charge in [-0.3, -0.25) is 4.90 Å². The van der Waals surface area contributed by atoms with E-state index in [1.807, 2.05) is 0 Å². The van der Waals surface area contributed by atoms with Crippen LogP contribution in [0.25, 0.3) is 6.08 Å². The van der Waals surface area contributed by atoms with Crippen molar-refractivity contribution in [2.45, 2.75) is 82.6 Å². The van der Waals surface area contributed by atoms with Gasteiger partial charge in [0.25, 0.3) is 0 Å². The van der Waals surface area contributed by atoms with Gasteiger partial charge in [-0.2, -0.15) is 0 Å². The molecule has 2 heterocycles. The maximum absolute atomic E-state index is 11.1. The fourth-order valence-electron chi connectivity index (χ4n) is 4.96. The van der Waals surface area contributed by atoms with Gasteiger partial charge in [0.15, 0.2) is 0 Å². The normalized spacial score (nSPS) is 33.7. The first-order valence-corrected chi connectivity index (χ1v) is 10.4. The van der Waals surface area contributed by atoms with E-state index in [2.05, 4.69) is 49.1 Å². The third-order valence-electron chi connectivity index (χ3n) is 6.57. The van der Waals surface area contributed by atoms with Crippen molar-refractivity contribution >= 4 is 6.08 Å². The van der Waals surface area contributed by atoms with Crippen molar-refractivity contribution in [2.75, 3.05) is 13.1 Å². The molecule has 2 aliphatic heterocycles. The Bertz CT molecular complexity index is 627. The third kappa shape index (κ3) is 3.90. The van der Waals surface area contributed by atoms with Crippen LogP contribution in [0.1, 0.15) is 69.9 Å². The fourth-order valence-corrected chi connectivity index (χ4v) is 4.96. The van der Waals surface area contributed by atoms with Crippen molar-refractivity contribution in [1.29, 1.82) is 0 Å². The largest absolute Gasteiger partial charge is 0.385 e. The number of hydrogen-bond acceptors (Lipinski definition) is 3. The lowest BCUT2D eigenvalue weighted by Gasteiger charge is -2.40. The van der Waals surface area contributed by atoms with Crippen molar-refractivity contribution in [3.05, 3.63) is 41.0 Å². The highest BCUT2D eigenvalue weighted by Gasteiger charge is 2.38. The van der Waals surface area contributed by atoms with E-state index in [0.717, 1.165) is 11.6 Å². The molecule has 0 amide bonds. The average Bonchev–Trinajstić information content (AvgIpc) is 2.54. The molecule has 1 N–H and O–H groups in total. The first-order valence-electron chi connectivity index (χ1n) is 10.4. The zero-order valence-electron chi connectivity index (χ0n) is 16.3. The van der Waals surface area contributed by atoms with Crippen molar-refractivity contribution in [2.24, 2.45) is 0 Å². The second kappa shape index (κ2) is 7.46. The Hall–Kier alpha value is -1.16. The van der Waals surface area contributed by atoms with Crippen molar-refractivity contribution < 1.29 is 9.84 Å². The maximum atomic E-state index is 11.1. The summed E-state index contributed by atoms with van der Waals surface area (Å²) in [6, 6.07) is 9.44. The number of nitrogens with zero attached hydrogens (tertiary/aromatic N) is 1. The summed E-state index contributed by atoms with van der Waals surface area (Å²) in [4.78, 5) is 2.69. The molecule has 0 bridgehead atoms. The quantitative estimate of drug-likeness (QED) is 0.867. The molecular weight excluding hydrogens is 322 g/mol. The number of benzene rings is 1. The molecule has 3 heteroatoms. The van der Waals surface area contributed by atoms with Crippen LogP contribution in [0.4, 0.5) is 0 Å². The van der Waals surface area contributed by atoms with Crippen molar-refractivity contribution in [3.8, 4) is 0 Å². The number of rotatable bonds is 3. The highest BCUT2D eigenvalue weighted by molar-refractivity contribution is 5.54. The molecule has 2 atom stereocenters. The third-order valence-corrected chi connectivity index (χ3v) is 6.57. The summed E-state index contributed by atoms with van der Waals surface area (Å²) < 4.78 is 5.79. The zero-order valence-corrected chi connectivity index (χ0v) is 16.3. The SMILES string of the molecule is CC1CC(O)(c2ccc(C=C3CCN(C4CCC4)CC3)cc2)CC(C)O1. The molecule has 2 unspecified atom stereocenters. The summed E-state index contributed by atoms with van der Waals surface area (Å²) in [6.45, 7) is 6.55. The van der Waals surface area contributed by atoms with Crippen molar-refractivity contribution in [3.63, 3.8) is 0 Å². The lowest BCUT2D eigenvalue weighted by molar-refractivity contribution is -0.135. The summed E-state index contributed by atoms with van der Waals surface area (Å²) >= 11 is 0. The molecule has 3 aliphatic rings. The second-order valence-electron chi connectivity index (χ2n) is 8.74. The van der Waals surface area contributed by atoms with Crippen LogP contribution in [0.2, 0.25) is 0 Å². The maximum Gasteiger partial charge on any atom is 0.0945 e. The molecule has 1 aromatic rings. The molecular formula is C23H33NO2. The average molecular weight is 356 g/mol. The lowest BCUT2D eigenvalue weighted by atomic mass is 9.81. The highest BCUT2D eigenvalue weighted by Crippen LogP contribution is 2.37. The molecule has 1 aromatic carbocycles. The predicted octanol–water partition coefficient (Wildman–Crippen LogP) is 4.49.